The number of nitrogens with one attached hydrogen (secondary N) is 1. The summed E-state index contributed by atoms with van der Waals surface area (Å²) in [6, 6.07) is 4.44. The zero-order valence-corrected chi connectivity index (χ0v) is 11.2. The summed E-state index contributed by atoms with van der Waals surface area (Å²) in [5, 5.41) is 3.51. The molecule has 1 fully saturated rings. The van der Waals surface area contributed by atoms with Gasteiger partial charge in [-0.05, 0) is 38.9 Å². The number of nitrogens with zero attached hydrogens (tertiary/aromatic N) is 1. The van der Waals surface area contributed by atoms with Gasteiger partial charge in [0.1, 0.15) is 5.82 Å². The van der Waals surface area contributed by atoms with Crippen LogP contribution in [0.3, 0.4) is 0 Å². The summed E-state index contributed by atoms with van der Waals surface area (Å²) in [7, 11) is 0. The Bertz CT molecular complexity index is 371. The van der Waals surface area contributed by atoms with Gasteiger partial charge in [-0.1, -0.05) is 27.7 Å². The first-order valence-electron chi connectivity index (χ1n) is 5.24. The summed E-state index contributed by atoms with van der Waals surface area (Å²) >= 11 is 3.50. The van der Waals surface area contributed by atoms with Crippen molar-refractivity contribution in [3.8, 4) is 0 Å². The van der Waals surface area contributed by atoms with Gasteiger partial charge in [-0.15, -0.1) is 0 Å². The highest BCUT2D eigenvalue weighted by Crippen LogP contribution is 2.63. The molecule has 1 aromatic rings. The van der Waals surface area contributed by atoms with Gasteiger partial charge < -0.3 is 5.32 Å². The molecular formula is C12H17BrN2. The molecule has 0 bridgehead atoms. The predicted octanol–water partition coefficient (Wildman–Crippen LogP) is 3.69. The van der Waals surface area contributed by atoms with Crippen LogP contribution in [0.5, 0.6) is 0 Å². The fourth-order valence-electron chi connectivity index (χ4n) is 2.19. The van der Waals surface area contributed by atoms with Crippen LogP contribution >= 0.6 is 15.9 Å². The Kier molecular flexibility index (Phi) is 2.34. The number of pyridine rings is 1. The van der Waals surface area contributed by atoms with E-state index in [2.05, 4.69) is 53.9 Å². The third-order valence-electron chi connectivity index (χ3n) is 4.06. The Morgan fingerprint density at radius 2 is 1.87 bits per heavy atom. The van der Waals surface area contributed by atoms with E-state index in [4.69, 9.17) is 0 Å². The molecule has 0 radical (unpaired) electrons. The fraction of sp³-hybridized carbons (Fsp3) is 0.583. The number of rotatable bonds is 2. The van der Waals surface area contributed by atoms with Crippen molar-refractivity contribution in [2.45, 2.75) is 33.7 Å². The zero-order chi connectivity index (χ0) is 11.3. The van der Waals surface area contributed by atoms with Crippen molar-refractivity contribution in [2.75, 3.05) is 5.32 Å². The van der Waals surface area contributed by atoms with Crippen LogP contribution in [0, 0.1) is 10.8 Å². The lowest BCUT2D eigenvalue weighted by Crippen LogP contribution is -2.11. The highest BCUT2D eigenvalue weighted by molar-refractivity contribution is 9.10. The lowest BCUT2D eigenvalue weighted by molar-refractivity contribution is 0.457. The summed E-state index contributed by atoms with van der Waals surface area (Å²) in [5.41, 5.74) is 0.675. The number of hydrogen-bond donors (Lipinski definition) is 1. The average molecular weight is 269 g/mol. The molecule has 2 nitrogen and oxygen atoms in total. The maximum absolute atomic E-state index is 4.33. The molecule has 0 aliphatic heterocycles. The first-order chi connectivity index (χ1) is 6.87. The number of hydrogen-bond acceptors (Lipinski definition) is 2. The van der Waals surface area contributed by atoms with E-state index in [0.717, 1.165) is 10.3 Å². The fourth-order valence-corrected chi connectivity index (χ4v) is 2.56. The summed E-state index contributed by atoms with van der Waals surface area (Å²) in [6.07, 6.45) is 1.81. The summed E-state index contributed by atoms with van der Waals surface area (Å²) in [5.74, 6) is 0.946. The minimum absolute atomic E-state index is 0.337. The van der Waals surface area contributed by atoms with Crippen molar-refractivity contribution in [3.63, 3.8) is 0 Å². The molecular weight excluding hydrogens is 252 g/mol. The van der Waals surface area contributed by atoms with Crippen LogP contribution < -0.4 is 5.32 Å². The van der Waals surface area contributed by atoms with Crippen LogP contribution in [-0.2, 0) is 0 Å². The Morgan fingerprint density at radius 3 is 2.33 bits per heavy atom. The Labute approximate surface area is 99.6 Å². The van der Waals surface area contributed by atoms with Gasteiger partial charge in [-0.25, -0.2) is 4.98 Å². The zero-order valence-electron chi connectivity index (χ0n) is 9.63. The van der Waals surface area contributed by atoms with Crippen LogP contribution in [0.4, 0.5) is 5.82 Å². The van der Waals surface area contributed by atoms with E-state index < -0.39 is 0 Å². The molecule has 0 saturated heterocycles. The van der Waals surface area contributed by atoms with Gasteiger partial charge in [-0.3, -0.25) is 0 Å². The van der Waals surface area contributed by atoms with Crippen LogP contribution in [0.2, 0.25) is 0 Å². The van der Waals surface area contributed by atoms with Crippen LogP contribution in [0.15, 0.2) is 22.8 Å². The topological polar surface area (TPSA) is 24.9 Å². The van der Waals surface area contributed by atoms with Crippen LogP contribution in [0.1, 0.15) is 27.7 Å². The van der Waals surface area contributed by atoms with E-state index in [1.807, 2.05) is 18.3 Å². The highest BCUT2D eigenvalue weighted by Gasteiger charge is 2.65. The van der Waals surface area contributed by atoms with Crippen molar-refractivity contribution in [2.24, 2.45) is 10.8 Å². The Balaban J connectivity index is 2.16. The predicted molar refractivity (Wildman–Crippen MR) is 66.9 cm³/mol. The number of anilines is 1. The molecule has 1 N–H and O–H groups in total. The van der Waals surface area contributed by atoms with Gasteiger partial charge >= 0.3 is 0 Å². The van der Waals surface area contributed by atoms with Gasteiger partial charge in [0.25, 0.3) is 0 Å². The summed E-state index contributed by atoms with van der Waals surface area (Å²) in [4.78, 5) is 4.33. The molecule has 0 amide bonds. The lowest BCUT2D eigenvalue weighted by atomic mass is 10.0. The van der Waals surface area contributed by atoms with Gasteiger partial charge in [0, 0.05) is 12.2 Å². The Hall–Kier alpha value is -0.570. The molecule has 2 rings (SSSR count). The lowest BCUT2D eigenvalue weighted by Gasteiger charge is -2.08. The Morgan fingerprint density at radius 1 is 1.27 bits per heavy atom. The van der Waals surface area contributed by atoms with Gasteiger partial charge in [0.2, 0.25) is 0 Å². The molecule has 1 aliphatic rings. The largest absolute Gasteiger partial charge is 0.365 e. The van der Waals surface area contributed by atoms with E-state index in [9.17, 15) is 0 Å². The van der Waals surface area contributed by atoms with Crippen molar-refractivity contribution in [1.82, 2.24) is 4.98 Å². The van der Waals surface area contributed by atoms with Gasteiger partial charge in [-0.2, -0.15) is 0 Å². The summed E-state index contributed by atoms with van der Waals surface area (Å²) < 4.78 is 1.03. The molecule has 0 unspecified atom stereocenters. The van der Waals surface area contributed by atoms with Crippen molar-refractivity contribution in [3.05, 3.63) is 22.8 Å². The molecule has 1 aromatic heterocycles. The molecule has 15 heavy (non-hydrogen) atoms. The average Bonchev–Trinajstić information content (AvgIpc) is 2.51. The molecule has 0 aromatic carbocycles. The number of halogens is 1. The highest BCUT2D eigenvalue weighted by atomic mass is 79.9. The smallest absolute Gasteiger partial charge is 0.140 e. The second-order valence-electron chi connectivity index (χ2n) is 5.35. The second kappa shape index (κ2) is 3.21. The minimum Gasteiger partial charge on any atom is -0.365 e. The van der Waals surface area contributed by atoms with Crippen LogP contribution in [0.25, 0.3) is 0 Å². The van der Waals surface area contributed by atoms with E-state index in [0.29, 0.717) is 16.9 Å². The second-order valence-corrected chi connectivity index (χ2v) is 6.21. The normalized spacial score (nSPS) is 22.5. The van der Waals surface area contributed by atoms with E-state index >= 15 is 0 Å². The third kappa shape index (κ3) is 1.57. The van der Waals surface area contributed by atoms with Gasteiger partial charge in [0.05, 0.1) is 4.47 Å². The molecule has 1 saturated carbocycles. The molecule has 1 heterocycles. The van der Waals surface area contributed by atoms with Crippen molar-refractivity contribution < 1.29 is 0 Å². The van der Waals surface area contributed by atoms with E-state index in [1.54, 1.807) is 0 Å². The van der Waals surface area contributed by atoms with Crippen molar-refractivity contribution in [1.29, 1.82) is 0 Å². The summed E-state index contributed by atoms with van der Waals surface area (Å²) in [6.45, 7) is 9.17. The quantitative estimate of drug-likeness (QED) is 0.885. The monoisotopic (exact) mass is 268 g/mol. The first kappa shape index (κ1) is 10.9. The minimum atomic E-state index is 0.337. The molecule has 82 valence electrons. The van der Waals surface area contributed by atoms with E-state index in [1.165, 1.54) is 0 Å². The van der Waals surface area contributed by atoms with Crippen LogP contribution in [-0.4, -0.2) is 11.0 Å². The maximum Gasteiger partial charge on any atom is 0.140 e. The van der Waals surface area contributed by atoms with Crippen molar-refractivity contribution >= 4 is 21.7 Å². The molecule has 0 spiro atoms. The molecule has 0 atom stereocenters. The third-order valence-corrected chi connectivity index (χ3v) is 4.70. The first-order valence-corrected chi connectivity index (χ1v) is 6.04. The number of aromatic nitrogens is 1. The SMILES string of the molecule is CC1(C)C(Nc2ncccc2Br)C1(C)C. The maximum atomic E-state index is 4.33. The van der Waals surface area contributed by atoms with Gasteiger partial charge in [0.15, 0.2) is 0 Å². The molecule has 1 aliphatic carbocycles. The molecule has 3 heteroatoms. The van der Waals surface area contributed by atoms with E-state index in [-0.39, 0.29) is 0 Å². The standard InChI is InChI=1S/C12H17BrN2/c1-11(2)10(12(11,3)4)15-9-8(13)6-5-7-14-9/h5-7,10H,1-4H3,(H,14,15).